The number of hydrogen-bond acceptors (Lipinski definition) is 17. The Labute approximate surface area is 313 Å². The number of carboxylic acids is 6. The van der Waals surface area contributed by atoms with Crippen LogP contribution in [0.1, 0.15) is 16.7 Å². The van der Waals surface area contributed by atoms with E-state index < -0.39 is 94.2 Å². The Morgan fingerprint density at radius 3 is 1.67 bits per heavy atom. The van der Waals surface area contributed by atoms with Crippen molar-refractivity contribution < 1.29 is 109 Å². The van der Waals surface area contributed by atoms with Crippen molar-refractivity contribution in [2.45, 2.75) is 26.0 Å². The van der Waals surface area contributed by atoms with Crippen molar-refractivity contribution in [2.75, 3.05) is 59.0 Å². The van der Waals surface area contributed by atoms with Crippen LogP contribution < -0.4 is 40.1 Å². The molecule has 2 aromatic rings. The fraction of sp³-hybridized carbons (Fsp3) is 0.419. The maximum Gasteiger partial charge on any atom is 3.00 e. The molecule has 0 aliphatic rings. The number of rotatable bonds is 24. The molecule has 267 valence electrons. The van der Waals surface area contributed by atoms with E-state index in [4.69, 9.17) is 9.47 Å². The third-order valence-corrected chi connectivity index (χ3v) is 6.76. The first-order valence-electron chi connectivity index (χ1n) is 14.4. The van der Waals surface area contributed by atoms with Gasteiger partial charge in [0.25, 0.3) is 0 Å². The van der Waals surface area contributed by atoms with Crippen LogP contribution in [0.3, 0.4) is 0 Å². The Morgan fingerprint density at radius 2 is 1.16 bits per heavy atom. The molecule has 0 heterocycles. The summed E-state index contributed by atoms with van der Waals surface area (Å²) in [6.07, 6.45) is -0.632. The SMILES string of the molecule is Cc1ccc(COc2ccc(OCC(CN(CCN(CC(=O)[O-])CC(=O)[O-])CC(=O)[O-])N(CC(=O)[O-])CC(=O)[O-])c(CC(=O)[O-])c2)cc1.[Gd+3]. The van der Waals surface area contributed by atoms with Crippen LogP contribution >= 0.6 is 0 Å². The van der Waals surface area contributed by atoms with Gasteiger partial charge in [0.1, 0.15) is 24.7 Å². The van der Waals surface area contributed by atoms with E-state index in [-0.39, 0.29) is 76.7 Å². The molecule has 0 aliphatic carbocycles. The largest absolute Gasteiger partial charge is 3.00 e. The van der Waals surface area contributed by atoms with Crippen molar-refractivity contribution in [1.29, 1.82) is 0 Å². The number of hydrogen-bond donors (Lipinski definition) is 0. The number of carboxylic acid groups (broad SMARTS) is 6. The third-order valence-electron chi connectivity index (χ3n) is 6.76. The molecule has 0 saturated carbocycles. The molecule has 1 radical (unpaired) electrons. The van der Waals surface area contributed by atoms with Crippen molar-refractivity contribution in [3.8, 4) is 11.5 Å². The molecule has 49 heavy (non-hydrogen) atoms. The van der Waals surface area contributed by atoms with Gasteiger partial charge in [0, 0.05) is 70.3 Å². The standard InChI is InChI=1S/C31H39N3O14.Gd/c1-20-2-4-21(5-3-20)18-47-24-6-7-25(22(10-24)11-26(35)36)48-19-23(34(16-30(43)44)17-31(45)46)12-32(13-27(37)38)8-9-33(14-28(39)40)15-29(41)42;/h2-7,10,23H,8-9,11-19H2,1H3,(H,35,36)(H,37,38)(H,39,40)(H,41,42)(H,43,44)(H,45,46);/q;+3/p-6. The molecule has 1 atom stereocenters. The Kier molecular flexibility index (Phi) is 19.3. The van der Waals surface area contributed by atoms with Crippen LogP contribution in [-0.4, -0.2) is 116 Å². The van der Waals surface area contributed by atoms with Gasteiger partial charge in [0.2, 0.25) is 0 Å². The van der Waals surface area contributed by atoms with Crippen LogP contribution in [0.25, 0.3) is 0 Å². The molecule has 18 heteroatoms. The molecule has 17 nitrogen and oxygen atoms in total. The predicted octanol–water partition coefficient (Wildman–Crippen LogP) is -7.73. The van der Waals surface area contributed by atoms with Crippen molar-refractivity contribution >= 4 is 35.8 Å². The zero-order chi connectivity index (χ0) is 35.8. The minimum absolute atomic E-state index is 0. The average Bonchev–Trinajstić information content (AvgIpc) is 2.96. The number of carbonyl (C=O) groups excluding carboxylic acids is 6. The molecule has 2 aromatic carbocycles. The normalized spacial score (nSPS) is 11.5. The van der Waals surface area contributed by atoms with E-state index in [1.807, 2.05) is 31.2 Å². The van der Waals surface area contributed by atoms with E-state index in [0.717, 1.165) is 25.8 Å². The van der Waals surface area contributed by atoms with Crippen molar-refractivity contribution in [3.63, 3.8) is 0 Å². The average molecular weight is 829 g/mol. The van der Waals surface area contributed by atoms with Gasteiger partial charge >= 0.3 is 39.9 Å². The molecule has 0 aromatic heterocycles. The zero-order valence-corrected chi connectivity index (χ0v) is 28.6. The number of aliphatic carboxylic acids is 6. The number of carbonyl (C=O) groups is 6. The van der Waals surface area contributed by atoms with Gasteiger partial charge in [-0.25, -0.2) is 0 Å². The smallest absolute Gasteiger partial charge is 0.550 e. The van der Waals surface area contributed by atoms with Crippen LogP contribution in [0.2, 0.25) is 0 Å². The zero-order valence-electron chi connectivity index (χ0n) is 26.3. The Bertz CT molecular complexity index is 1410. The van der Waals surface area contributed by atoms with E-state index in [1.54, 1.807) is 0 Å². The van der Waals surface area contributed by atoms with E-state index in [9.17, 15) is 59.4 Å². The van der Waals surface area contributed by atoms with E-state index in [0.29, 0.717) is 0 Å². The van der Waals surface area contributed by atoms with Gasteiger partial charge in [-0.3, -0.25) is 14.7 Å². The minimum atomic E-state index is -1.70. The maximum absolute atomic E-state index is 11.5. The summed E-state index contributed by atoms with van der Waals surface area (Å²) in [6.45, 7) is -4.00. The summed E-state index contributed by atoms with van der Waals surface area (Å²) in [6, 6.07) is 10.5. The number of ether oxygens (including phenoxy) is 2. The number of benzene rings is 2. The molecule has 0 bridgehead atoms. The molecule has 2 rings (SSSR count). The summed E-state index contributed by atoms with van der Waals surface area (Å²) in [5, 5.41) is 68.2. The molecular formula is C31H33GdN3O14-3. The Balaban J connectivity index is 0.0000120. The maximum atomic E-state index is 11.5. The van der Waals surface area contributed by atoms with Crippen LogP contribution in [0.15, 0.2) is 42.5 Å². The second-order valence-corrected chi connectivity index (χ2v) is 10.8. The van der Waals surface area contributed by atoms with Gasteiger partial charge in [0.05, 0.1) is 35.9 Å². The molecule has 0 aliphatic heterocycles. The van der Waals surface area contributed by atoms with Crippen molar-refractivity contribution in [3.05, 3.63) is 59.2 Å². The molecular weight excluding hydrogens is 796 g/mol. The molecule has 0 fully saturated rings. The molecule has 1 unspecified atom stereocenters. The monoisotopic (exact) mass is 829 g/mol. The van der Waals surface area contributed by atoms with Gasteiger partial charge < -0.3 is 68.9 Å². The van der Waals surface area contributed by atoms with Crippen molar-refractivity contribution in [2.24, 2.45) is 0 Å². The molecule has 0 spiro atoms. The minimum Gasteiger partial charge on any atom is -0.550 e. The first-order chi connectivity index (χ1) is 22.6. The molecule has 0 amide bonds. The third kappa shape index (κ3) is 17.9. The fourth-order valence-corrected chi connectivity index (χ4v) is 4.61. The molecule has 0 N–H and O–H groups in total. The van der Waals surface area contributed by atoms with E-state index in [2.05, 4.69) is 0 Å². The molecule has 0 saturated heterocycles. The Hall–Kier alpha value is -3.94. The Morgan fingerprint density at radius 1 is 0.653 bits per heavy atom. The van der Waals surface area contributed by atoms with Crippen LogP contribution in [-0.2, 0) is 41.8 Å². The second kappa shape index (κ2) is 21.9. The van der Waals surface area contributed by atoms with Gasteiger partial charge in [-0.15, -0.1) is 0 Å². The summed E-state index contributed by atoms with van der Waals surface area (Å²) in [7, 11) is 0. The van der Waals surface area contributed by atoms with Gasteiger partial charge in [-0.05, 0) is 30.7 Å². The second-order valence-electron chi connectivity index (χ2n) is 10.8. The fourth-order valence-electron chi connectivity index (χ4n) is 4.61. The number of aryl methyl sites for hydroxylation is 1. The van der Waals surface area contributed by atoms with Gasteiger partial charge in [-0.1, -0.05) is 29.8 Å². The summed E-state index contributed by atoms with van der Waals surface area (Å²) in [5.74, 6) is -9.48. The van der Waals surface area contributed by atoms with Gasteiger partial charge in [-0.2, -0.15) is 0 Å². The van der Waals surface area contributed by atoms with Crippen LogP contribution in [0.4, 0.5) is 0 Å². The quantitative estimate of drug-likeness (QED) is 0.0951. The van der Waals surface area contributed by atoms with Crippen molar-refractivity contribution in [1.82, 2.24) is 14.7 Å². The number of nitrogens with zero attached hydrogens (tertiary/aromatic N) is 3. The van der Waals surface area contributed by atoms with Crippen LogP contribution in [0.5, 0.6) is 11.5 Å². The topological polar surface area (TPSA) is 269 Å². The van der Waals surface area contributed by atoms with E-state index in [1.165, 1.54) is 18.2 Å². The summed E-state index contributed by atoms with van der Waals surface area (Å²) in [5.41, 5.74) is 1.98. The van der Waals surface area contributed by atoms with Gasteiger partial charge in [0.15, 0.2) is 0 Å². The summed E-state index contributed by atoms with van der Waals surface area (Å²) >= 11 is 0. The van der Waals surface area contributed by atoms with Crippen LogP contribution in [0, 0.1) is 46.9 Å². The first-order valence-corrected chi connectivity index (χ1v) is 14.4. The summed E-state index contributed by atoms with van der Waals surface area (Å²) in [4.78, 5) is 71.0. The first kappa shape index (κ1) is 43.1. The summed E-state index contributed by atoms with van der Waals surface area (Å²) < 4.78 is 11.6. The van der Waals surface area contributed by atoms with E-state index >= 15 is 0 Å². The predicted molar refractivity (Wildman–Crippen MR) is 149 cm³/mol.